The van der Waals surface area contributed by atoms with E-state index in [4.69, 9.17) is 25.8 Å². The van der Waals surface area contributed by atoms with Crippen molar-refractivity contribution in [3.8, 4) is 17.2 Å². The second-order valence-corrected chi connectivity index (χ2v) is 16.6. The van der Waals surface area contributed by atoms with Crippen LogP contribution in [0.5, 0.6) is 17.2 Å². The third kappa shape index (κ3) is 30.8. The number of hydrogen-bond donors (Lipinski definition) is 0. The van der Waals surface area contributed by atoms with Crippen molar-refractivity contribution in [2.75, 3.05) is 19.8 Å². The minimum absolute atomic E-state index is 0.406. The van der Waals surface area contributed by atoms with Gasteiger partial charge in [0.1, 0.15) is 0 Å². The first-order valence-corrected chi connectivity index (χ1v) is 24.3. The van der Waals surface area contributed by atoms with Crippen LogP contribution < -0.4 is 14.2 Å². The summed E-state index contributed by atoms with van der Waals surface area (Å²) < 4.78 is 19.1. The number of hydrogen-bond acceptors (Lipinski definition) is 4. The van der Waals surface area contributed by atoms with E-state index in [1.54, 1.807) is 12.1 Å². The highest BCUT2D eigenvalue weighted by molar-refractivity contribution is 6.67. The van der Waals surface area contributed by atoms with Gasteiger partial charge in [-0.25, -0.2) is 0 Å². The summed E-state index contributed by atoms with van der Waals surface area (Å²) >= 11 is 6.02. The van der Waals surface area contributed by atoms with E-state index in [-0.39, 0.29) is 0 Å². The van der Waals surface area contributed by atoms with Crippen LogP contribution in [0.15, 0.2) is 12.1 Å². The van der Waals surface area contributed by atoms with Crippen molar-refractivity contribution in [1.29, 1.82) is 0 Å². The van der Waals surface area contributed by atoms with Gasteiger partial charge in [0.05, 0.1) is 19.8 Å². The van der Waals surface area contributed by atoms with Crippen LogP contribution in [-0.2, 0) is 0 Å². The van der Waals surface area contributed by atoms with E-state index in [9.17, 15) is 4.79 Å². The Morgan fingerprint density at radius 1 is 0.370 bits per heavy atom. The predicted octanol–water partition coefficient (Wildman–Crippen LogP) is 17.3. The predicted molar refractivity (Wildman–Crippen MR) is 236 cm³/mol. The van der Waals surface area contributed by atoms with Gasteiger partial charge in [0, 0.05) is 5.56 Å². The van der Waals surface area contributed by atoms with Crippen LogP contribution in [-0.4, -0.2) is 25.1 Å². The zero-order valence-corrected chi connectivity index (χ0v) is 37.0. The summed E-state index contributed by atoms with van der Waals surface area (Å²) in [7, 11) is 0. The Hall–Kier alpha value is -1.42. The van der Waals surface area contributed by atoms with E-state index >= 15 is 0 Å². The molecule has 0 bridgehead atoms. The third-order valence-corrected chi connectivity index (χ3v) is 11.2. The van der Waals surface area contributed by atoms with E-state index in [1.807, 2.05) is 0 Å². The van der Waals surface area contributed by atoms with Gasteiger partial charge in [-0.1, -0.05) is 233 Å². The van der Waals surface area contributed by atoms with Crippen molar-refractivity contribution in [1.82, 2.24) is 0 Å². The highest BCUT2D eigenvalue weighted by atomic mass is 35.5. The van der Waals surface area contributed by atoms with E-state index in [0.717, 1.165) is 32.1 Å². The Balaban J connectivity index is 2.55. The topological polar surface area (TPSA) is 44.8 Å². The highest BCUT2D eigenvalue weighted by Gasteiger charge is 2.18. The fourth-order valence-corrected chi connectivity index (χ4v) is 7.52. The molecule has 1 rings (SSSR count). The number of unbranched alkanes of at least 4 members (excludes halogenated alkanes) is 33. The zero-order chi connectivity index (χ0) is 39.0. The summed E-state index contributed by atoms with van der Waals surface area (Å²) in [4.78, 5) is 12.3. The Labute approximate surface area is 341 Å². The lowest BCUT2D eigenvalue weighted by atomic mass is 10.1. The number of benzene rings is 1. The number of ether oxygens (including phenoxy) is 3. The van der Waals surface area contributed by atoms with Crippen LogP contribution in [0, 0.1) is 0 Å². The molecule has 1 aromatic carbocycles. The van der Waals surface area contributed by atoms with Crippen LogP contribution >= 0.6 is 11.6 Å². The summed E-state index contributed by atoms with van der Waals surface area (Å²) in [5.41, 5.74) is 0.406. The molecule has 0 atom stereocenters. The Kier molecular flexibility index (Phi) is 37.3. The first kappa shape index (κ1) is 50.6. The van der Waals surface area contributed by atoms with Gasteiger partial charge in [0.25, 0.3) is 5.24 Å². The van der Waals surface area contributed by atoms with Gasteiger partial charge in [-0.15, -0.1) is 0 Å². The molecule has 0 saturated carbocycles. The van der Waals surface area contributed by atoms with E-state index in [1.165, 1.54) is 199 Å². The summed E-state index contributed by atoms with van der Waals surface area (Å²) in [5, 5.41) is -0.493. The molecule has 5 heteroatoms. The molecule has 0 aromatic heterocycles. The number of carbonyl (C=O) groups excluding carboxylic acids is 1. The average molecular weight is 778 g/mol. The van der Waals surface area contributed by atoms with Gasteiger partial charge in [0.2, 0.25) is 5.75 Å². The first-order chi connectivity index (χ1) is 26.6. The van der Waals surface area contributed by atoms with Crippen LogP contribution in [0.25, 0.3) is 0 Å². The first-order valence-electron chi connectivity index (χ1n) is 23.9. The lowest BCUT2D eigenvalue weighted by Crippen LogP contribution is -2.07. The molecule has 0 saturated heterocycles. The molecule has 0 amide bonds. The molecule has 0 unspecified atom stereocenters. The molecule has 0 radical (unpaired) electrons. The zero-order valence-electron chi connectivity index (χ0n) is 36.2. The van der Waals surface area contributed by atoms with Crippen molar-refractivity contribution >= 4 is 16.8 Å². The van der Waals surface area contributed by atoms with E-state index < -0.39 is 5.24 Å². The minimum atomic E-state index is -0.493. The number of carbonyl (C=O) groups is 1. The molecule has 0 spiro atoms. The maximum absolute atomic E-state index is 12.3. The smallest absolute Gasteiger partial charge is 0.252 e. The standard InChI is InChI=1S/C49H89ClO4/c1-4-7-10-13-16-19-22-25-28-31-34-37-40-52-46-43-45(49(50)51)44-47(53-41-38-35-32-29-26-23-20-17-14-11-8-5-2)48(46)54-42-39-36-33-30-27-24-21-18-15-12-9-6-3/h43-44H,4-42H2,1-3H3. The maximum Gasteiger partial charge on any atom is 0.252 e. The minimum Gasteiger partial charge on any atom is -0.490 e. The van der Waals surface area contributed by atoms with Gasteiger partial charge in [-0.05, 0) is 43.0 Å². The molecule has 0 N–H and O–H groups in total. The van der Waals surface area contributed by atoms with Gasteiger partial charge >= 0.3 is 0 Å². The number of rotatable bonds is 43. The van der Waals surface area contributed by atoms with E-state index in [2.05, 4.69) is 20.8 Å². The molecular weight excluding hydrogens is 688 g/mol. The lowest BCUT2D eigenvalue weighted by molar-refractivity contribution is 0.108. The van der Waals surface area contributed by atoms with Crippen molar-refractivity contribution in [2.45, 2.75) is 252 Å². The summed E-state index contributed by atoms with van der Waals surface area (Å²) in [6.45, 7) is 8.67. The molecule has 0 aliphatic heterocycles. The highest BCUT2D eigenvalue weighted by Crippen LogP contribution is 2.40. The van der Waals surface area contributed by atoms with Crippen LogP contribution in [0.1, 0.15) is 262 Å². The average Bonchev–Trinajstić information content (AvgIpc) is 3.17. The Morgan fingerprint density at radius 2 is 0.593 bits per heavy atom. The molecule has 4 nitrogen and oxygen atoms in total. The molecule has 0 aliphatic carbocycles. The SMILES string of the molecule is CCCCCCCCCCCCCCOc1cc(C(=O)Cl)cc(OCCCCCCCCCCCCCC)c1OCCCCCCCCCCCCCC. The van der Waals surface area contributed by atoms with E-state index in [0.29, 0.717) is 42.6 Å². The summed E-state index contributed by atoms with van der Waals surface area (Å²) in [5.74, 6) is 1.82. The van der Waals surface area contributed by atoms with Crippen LogP contribution in [0.4, 0.5) is 0 Å². The fourth-order valence-electron chi connectivity index (χ4n) is 7.41. The normalized spacial score (nSPS) is 11.3. The lowest BCUT2D eigenvalue weighted by Gasteiger charge is -2.18. The second-order valence-electron chi connectivity index (χ2n) is 16.3. The maximum atomic E-state index is 12.3. The number of halogens is 1. The van der Waals surface area contributed by atoms with Crippen molar-refractivity contribution < 1.29 is 19.0 Å². The molecule has 0 fully saturated rings. The summed E-state index contributed by atoms with van der Waals surface area (Å²) in [6, 6.07) is 3.51. The van der Waals surface area contributed by atoms with Crippen molar-refractivity contribution in [3.05, 3.63) is 17.7 Å². The van der Waals surface area contributed by atoms with Crippen molar-refractivity contribution in [3.63, 3.8) is 0 Å². The largest absolute Gasteiger partial charge is 0.490 e. The fraction of sp³-hybridized carbons (Fsp3) is 0.857. The van der Waals surface area contributed by atoms with Crippen LogP contribution in [0.3, 0.4) is 0 Å². The Bertz CT molecular complexity index is 899. The van der Waals surface area contributed by atoms with Crippen molar-refractivity contribution in [2.24, 2.45) is 0 Å². The van der Waals surface area contributed by atoms with Gasteiger partial charge in [-0.3, -0.25) is 4.79 Å². The monoisotopic (exact) mass is 777 g/mol. The summed E-state index contributed by atoms with van der Waals surface area (Å²) in [6.07, 6.45) is 47.1. The second kappa shape index (κ2) is 39.8. The van der Waals surface area contributed by atoms with Gasteiger partial charge < -0.3 is 14.2 Å². The van der Waals surface area contributed by atoms with Gasteiger partial charge in [-0.2, -0.15) is 0 Å². The molecule has 316 valence electrons. The van der Waals surface area contributed by atoms with Gasteiger partial charge in [0.15, 0.2) is 11.5 Å². The molecular formula is C49H89ClO4. The third-order valence-electron chi connectivity index (χ3n) is 11.0. The Morgan fingerprint density at radius 3 is 0.833 bits per heavy atom. The van der Waals surface area contributed by atoms with Crippen LogP contribution in [0.2, 0.25) is 0 Å². The quantitative estimate of drug-likeness (QED) is 0.0489. The molecule has 1 aromatic rings. The molecule has 0 aliphatic rings. The molecule has 0 heterocycles. The molecule has 54 heavy (non-hydrogen) atoms.